The lowest BCUT2D eigenvalue weighted by molar-refractivity contribution is 0.151. The van der Waals surface area contributed by atoms with Gasteiger partial charge in [0.05, 0.1) is 11.1 Å². The number of aliphatic hydroxyl groups is 1. The minimum Gasteiger partial charge on any atom is -0.408 e. The number of nitrogens with zero attached hydrogens (tertiary/aromatic N) is 1. The molecular formula is C13H15NO3. The molecule has 0 bridgehead atoms. The summed E-state index contributed by atoms with van der Waals surface area (Å²) < 4.78 is 6.74. The Bertz CT molecular complexity index is 619. The Morgan fingerprint density at radius 3 is 2.88 bits per heavy atom. The third-order valence-electron chi connectivity index (χ3n) is 3.41. The van der Waals surface area contributed by atoms with Gasteiger partial charge in [-0.1, -0.05) is 6.07 Å². The lowest BCUT2D eigenvalue weighted by atomic mass is 10.1. The van der Waals surface area contributed by atoms with Gasteiger partial charge in [0.25, 0.3) is 0 Å². The first-order valence-electron chi connectivity index (χ1n) is 5.96. The van der Waals surface area contributed by atoms with E-state index in [-0.39, 0.29) is 5.76 Å². The summed E-state index contributed by atoms with van der Waals surface area (Å²) in [6.45, 7) is 2.51. The van der Waals surface area contributed by atoms with Crippen LogP contribution < -0.4 is 5.76 Å². The Morgan fingerprint density at radius 2 is 2.24 bits per heavy atom. The standard InChI is InChI=1S/C13H15NO3/c1-2-14-10-7-9(8-13(16)5-6-13)3-4-11(10)17-12(14)15/h3-4,7,16H,2,5-6,8H2,1H3. The molecule has 4 heteroatoms. The van der Waals surface area contributed by atoms with Crippen molar-refractivity contribution < 1.29 is 9.52 Å². The maximum Gasteiger partial charge on any atom is 0.419 e. The summed E-state index contributed by atoms with van der Waals surface area (Å²) in [7, 11) is 0. The van der Waals surface area contributed by atoms with E-state index < -0.39 is 5.60 Å². The van der Waals surface area contributed by atoms with Crippen molar-refractivity contribution in [1.29, 1.82) is 0 Å². The van der Waals surface area contributed by atoms with Crippen molar-refractivity contribution in [1.82, 2.24) is 4.57 Å². The van der Waals surface area contributed by atoms with E-state index in [1.807, 2.05) is 25.1 Å². The Balaban J connectivity index is 2.07. The number of aryl methyl sites for hydroxylation is 1. The molecule has 4 nitrogen and oxygen atoms in total. The smallest absolute Gasteiger partial charge is 0.408 e. The average Bonchev–Trinajstić information content (AvgIpc) is 2.91. The lowest BCUT2D eigenvalue weighted by Gasteiger charge is -2.07. The van der Waals surface area contributed by atoms with E-state index in [2.05, 4.69) is 0 Å². The highest BCUT2D eigenvalue weighted by Gasteiger charge is 2.40. The second-order valence-corrected chi connectivity index (χ2v) is 4.82. The van der Waals surface area contributed by atoms with Crippen LogP contribution in [0.1, 0.15) is 25.3 Å². The number of benzene rings is 1. The molecular weight excluding hydrogens is 218 g/mol. The van der Waals surface area contributed by atoms with Crippen LogP contribution in [0.2, 0.25) is 0 Å². The van der Waals surface area contributed by atoms with Gasteiger partial charge < -0.3 is 9.52 Å². The van der Waals surface area contributed by atoms with Gasteiger partial charge in [-0.15, -0.1) is 0 Å². The summed E-state index contributed by atoms with van der Waals surface area (Å²) in [5, 5.41) is 9.89. The second kappa shape index (κ2) is 3.47. The fourth-order valence-corrected chi connectivity index (χ4v) is 2.22. The second-order valence-electron chi connectivity index (χ2n) is 4.82. The highest BCUT2D eigenvalue weighted by Crippen LogP contribution is 2.38. The van der Waals surface area contributed by atoms with Crippen LogP contribution in [0.15, 0.2) is 27.4 Å². The number of hydrogen-bond donors (Lipinski definition) is 1. The van der Waals surface area contributed by atoms with Gasteiger partial charge >= 0.3 is 5.76 Å². The van der Waals surface area contributed by atoms with E-state index in [1.165, 1.54) is 0 Å². The molecule has 90 valence electrons. The fourth-order valence-electron chi connectivity index (χ4n) is 2.22. The molecule has 1 aliphatic carbocycles. The van der Waals surface area contributed by atoms with Crippen LogP contribution in [-0.2, 0) is 13.0 Å². The van der Waals surface area contributed by atoms with Gasteiger partial charge in [-0.2, -0.15) is 0 Å². The summed E-state index contributed by atoms with van der Waals surface area (Å²) in [6, 6.07) is 5.67. The molecule has 1 aromatic heterocycles. The number of oxazole rings is 1. The molecule has 1 saturated carbocycles. The third kappa shape index (κ3) is 1.78. The maximum atomic E-state index is 11.5. The van der Waals surface area contributed by atoms with Crippen LogP contribution in [0.25, 0.3) is 11.1 Å². The molecule has 0 atom stereocenters. The van der Waals surface area contributed by atoms with Crippen LogP contribution >= 0.6 is 0 Å². The normalized spacial score (nSPS) is 17.5. The summed E-state index contributed by atoms with van der Waals surface area (Å²) in [5.41, 5.74) is 1.98. The molecule has 0 saturated heterocycles. The molecule has 0 spiro atoms. The van der Waals surface area contributed by atoms with Gasteiger partial charge in [0.15, 0.2) is 5.58 Å². The zero-order valence-corrected chi connectivity index (χ0v) is 9.77. The number of rotatable bonds is 3. The molecule has 0 aliphatic heterocycles. The van der Waals surface area contributed by atoms with Gasteiger partial charge in [-0.25, -0.2) is 4.79 Å². The van der Waals surface area contributed by atoms with Crippen molar-refractivity contribution in [2.45, 2.75) is 38.3 Å². The molecule has 1 fully saturated rings. The molecule has 1 aromatic carbocycles. The van der Waals surface area contributed by atoms with E-state index >= 15 is 0 Å². The van der Waals surface area contributed by atoms with Crippen LogP contribution in [0, 0.1) is 0 Å². The van der Waals surface area contributed by atoms with E-state index in [0.717, 1.165) is 23.9 Å². The van der Waals surface area contributed by atoms with Crippen molar-refractivity contribution in [2.24, 2.45) is 0 Å². The largest absolute Gasteiger partial charge is 0.419 e. The minimum absolute atomic E-state index is 0.315. The van der Waals surface area contributed by atoms with Crippen molar-refractivity contribution in [3.05, 3.63) is 34.3 Å². The Hall–Kier alpha value is -1.55. The number of hydrogen-bond acceptors (Lipinski definition) is 3. The van der Waals surface area contributed by atoms with E-state index in [4.69, 9.17) is 4.42 Å². The first-order valence-corrected chi connectivity index (χ1v) is 5.96. The quantitative estimate of drug-likeness (QED) is 0.877. The summed E-state index contributed by atoms with van der Waals surface area (Å²) in [5.74, 6) is -0.315. The number of aromatic nitrogens is 1. The summed E-state index contributed by atoms with van der Waals surface area (Å²) in [6.07, 6.45) is 2.40. The van der Waals surface area contributed by atoms with E-state index in [1.54, 1.807) is 4.57 Å². The average molecular weight is 233 g/mol. The topological polar surface area (TPSA) is 55.4 Å². The van der Waals surface area contributed by atoms with Crippen molar-refractivity contribution >= 4 is 11.1 Å². The van der Waals surface area contributed by atoms with Crippen LogP contribution in [0.4, 0.5) is 0 Å². The molecule has 17 heavy (non-hydrogen) atoms. The third-order valence-corrected chi connectivity index (χ3v) is 3.41. The van der Waals surface area contributed by atoms with Crippen LogP contribution in [0.5, 0.6) is 0 Å². The first kappa shape index (κ1) is 10.6. The molecule has 0 radical (unpaired) electrons. The Kier molecular flexibility index (Phi) is 2.16. The minimum atomic E-state index is -0.505. The maximum absolute atomic E-state index is 11.5. The Labute approximate surface area is 98.5 Å². The van der Waals surface area contributed by atoms with Gasteiger partial charge in [0, 0.05) is 13.0 Å². The number of fused-ring (bicyclic) bond motifs is 1. The molecule has 1 heterocycles. The molecule has 3 rings (SSSR count). The van der Waals surface area contributed by atoms with Crippen molar-refractivity contribution in [3.8, 4) is 0 Å². The molecule has 2 aromatic rings. The van der Waals surface area contributed by atoms with Gasteiger partial charge in [0.2, 0.25) is 0 Å². The summed E-state index contributed by atoms with van der Waals surface area (Å²) in [4.78, 5) is 11.5. The zero-order valence-electron chi connectivity index (χ0n) is 9.77. The first-order chi connectivity index (χ1) is 8.11. The molecule has 1 aliphatic rings. The van der Waals surface area contributed by atoms with E-state index in [9.17, 15) is 9.90 Å². The molecule has 0 unspecified atom stereocenters. The predicted molar refractivity (Wildman–Crippen MR) is 64.0 cm³/mol. The van der Waals surface area contributed by atoms with Crippen molar-refractivity contribution in [2.75, 3.05) is 0 Å². The van der Waals surface area contributed by atoms with Crippen molar-refractivity contribution in [3.63, 3.8) is 0 Å². The van der Waals surface area contributed by atoms with E-state index in [0.29, 0.717) is 18.5 Å². The predicted octanol–water partition coefficient (Wildman–Crippen LogP) is 1.68. The van der Waals surface area contributed by atoms with Gasteiger partial charge in [-0.05, 0) is 37.5 Å². The monoisotopic (exact) mass is 233 g/mol. The van der Waals surface area contributed by atoms with Gasteiger partial charge in [0.1, 0.15) is 0 Å². The Morgan fingerprint density at radius 1 is 1.47 bits per heavy atom. The molecule has 0 amide bonds. The lowest BCUT2D eigenvalue weighted by Crippen LogP contribution is -2.13. The van der Waals surface area contributed by atoms with Crippen LogP contribution in [0.3, 0.4) is 0 Å². The highest BCUT2D eigenvalue weighted by molar-refractivity contribution is 5.73. The van der Waals surface area contributed by atoms with Gasteiger partial charge in [-0.3, -0.25) is 4.57 Å². The SMILES string of the molecule is CCn1c(=O)oc2ccc(CC3(O)CC3)cc21. The zero-order chi connectivity index (χ0) is 12.0. The fraction of sp³-hybridized carbons (Fsp3) is 0.462. The summed E-state index contributed by atoms with van der Waals surface area (Å²) >= 11 is 0. The highest BCUT2D eigenvalue weighted by atomic mass is 16.4. The van der Waals surface area contributed by atoms with Crippen LogP contribution in [-0.4, -0.2) is 15.3 Å². The molecule has 1 N–H and O–H groups in total.